The van der Waals surface area contributed by atoms with E-state index in [1.165, 1.54) is 0 Å². The number of imidazole rings is 1. The molecule has 0 bridgehead atoms. The number of methoxy groups -OCH3 is 1. The van der Waals surface area contributed by atoms with E-state index in [1.54, 1.807) is 31.5 Å². The molecule has 0 aliphatic carbocycles. The number of carboxylic acid groups (broad SMARTS) is 1. The Labute approximate surface area is 168 Å². The van der Waals surface area contributed by atoms with Gasteiger partial charge >= 0.3 is 5.97 Å². The average molecular weight is 393 g/mol. The van der Waals surface area contributed by atoms with Crippen LogP contribution in [-0.2, 0) is 6.42 Å². The molecule has 1 unspecified atom stereocenters. The summed E-state index contributed by atoms with van der Waals surface area (Å²) in [4.78, 5) is 30.5. The molecule has 1 atom stereocenters. The highest BCUT2D eigenvalue weighted by Crippen LogP contribution is 2.28. The molecular weight excluding hydrogens is 370 g/mol. The Balaban J connectivity index is 1.48. The van der Waals surface area contributed by atoms with Gasteiger partial charge in [-0.15, -0.1) is 0 Å². The maximum Gasteiger partial charge on any atom is 0.335 e. The summed E-state index contributed by atoms with van der Waals surface area (Å²) in [5.74, 6) is -0.106. The molecule has 29 heavy (non-hydrogen) atoms. The number of pyridine rings is 1. The summed E-state index contributed by atoms with van der Waals surface area (Å²) in [6, 6.07) is 8.82. The van der Waals surface area contributed by atoms with E-state index in [0.29, 0.717) is 31.0 Å². The maximum absolute atomic E-state index is 12.9. The van der Waals surface area contributed by atoms with E-state index in [2.05, 4.69) is 4.98 Å². The minimum absolute atomic E-state index is 0.0693. The van der Waals surface area contributed by atoms with Gasteiger partial charge in [0.15, 0.2) is 0 Å². The predicted octanol–water partition coefficient (Wildman–Crippen LogP) is 3.05. The van der Waals surface area contributed by atoms with Crippen molar-refractivity contribution in [1.82, 2.24) is 14.3 Å². The number of carbonyl (C=O) groups excluding carboxylic acids is 1. The van der Waals surface area contributed by atoms with Gasteiger partial charge in [-0.1, -0.05) is 0 Å². The van der Waals surface area contributed by atoms with Crippen LogP contribution in [0.3, 0.4) is 0 Å². The molecule has 2 aromatic heterocycles. The number of carboxylic acids is 1. The number of aryl methyl sites for hydroxylation is 1. The number of hydrogen-bond donors (Lipinski definition) is 1. The van der Waals surface area contributed by atoms with E-state index in [1.807, 2.05) is 34.6 Å². The molecular formula is C22H23N3O4. The molecule has 1 aromatic carbocycles. The number of hydrogen-bond acceptors (Lipinski definition) is 4. The summed E-state index contributed by atoms with van der Waals surface area (Å²) in [6.45, 7) is 3.28. The lowest BCUT2D eigenvalue weighted by Gasteiger charge is -2.16. The first kappa shape index (κ1) is 19.0. The SMILES string of the molecule is COc1ccc(C(=O)O)cc1CC1CCN(C(=O)c2cn3ccc(C)cc3n2)C1. The number of aromatic carboxylic acids is 1. The molecule has 0 saturated carbocycles. The first-order valence-corrected chi connectivity index (χ1v) is 9.59. The largest absolute Gasteiger partial charge is 0.496 e. The molecule has 1 fully saturated rings. The molecule has 1 saturated heterocycles. The summed E-state index contributed by atoms with van der Waals surface area (Å²) < 4.78 is 7.25. The lowest BCUT2D eigenvalue weighted by Crippen LogP contribution is -2.29. The molecule has 1 N–H and O–H groups in total. The van der Waals surface area contributed by atoms with Crippen LogP contribution in [0, 0.1) is 12.8 Å². The minimum atomic E-state index is -0.959. The van der Waals surface area contributed by atoms with E-state index < -0.39 is 5.97 Å². The zero-order chi connectivity index (χ0) is 20.5. The van der Waals surface area contributed by atoms with Gasteiger partial charge in [0.05, 0.1) is 12.7 Å². The summed E-state index contributed by atoms with van der Waals surface area (Å²) in [6.07, 6.45) is 5.20. The van der Waals surface area contributed by atoms with Crippen molar-refractivity contribution < 1.29 is 19.4 Å². The van der Waals surface area contributed by atoms with Gasteiger partial charge in [-0.3, -0.25) is 4.79 Å². The highest BCUT2D eigenvalue weighted by molar-refractivity contribution is 5.93. The van der Waals surface area contributed by atoms with Crippen LogP contribution in [0.15, 0.2) is 42.7 Å². The molecule has 3 aromatic rings. The number of carbonyl (C=O) groups is 2. The van der Waals surface area contributed by atoms with Gasteiger partial charge in [-0.2, -0.15) is 0 Å². The number of fused-ring (bicyclic) bond motifs is 1. The van der Waals surface area contributed by atoms with Gasteiger partial charge in [0.25, 0.3) is 5.91 Å². The maximum atomic E-state index is 12.9. The van der Waals surface area contributed by atoms with Crippen LogP contribution in [0.25, 0.3) is 5.65 Å². The third-order valence-electron chi connectivity index (χ3n) is 5.44. The molecule has 0 spiro atoms. The Hall–Kier alpha value is -3.35. The van der Waals surface area contributed by atoms with Gasteiger partial charge in [0.2, 0.25) is 0 Å². The van der Waals surface area contributed by atoms with Gasteiger partial charge in [0.1, 0.15) is 17.1 Å². The van der Waals surface area contributed by atoms with E-state index in [-0.39, 0.29) is 17.4 Å². The van der Waals surface area contributed by atoms with Crippen LogP contribution in [0.1, 0.15) is 38.4 Å². The lowest BCUT2D eigenvalue weighted by molar-refractivity contribution is 0.0696. The fourth-order valence-corrected chi connectivity index (χ4v) is 3.91. The second-order valence-electron chi connectivity index (χ2n) is 7.54. The molecule has 3 heterocycles. The Morgan fingerprint density at radius 1 is 1.28 bits per heavy atom. The first-order valence-electron chi connectivity index (χ1n) is 9.59. The van der Waals surface area contributed by atoms with Crippen LogP contribution in [0.2, 0.25) is 0 Å². The Bertz CT molecular complexity index is 1090. The van der Waals surface area contributed by atoms with E-state index in [9.17, 15) is 14.7 Å². The topological polar surface area (TPSA) is 84.1 Å². The molecule has 150 valence electrons. The molecule has 1 aliphatic heterocycles. The van der Waals surface area contributed by atoms with Gasteiger partial charge in [0, 0.05) is 25.5 Å². The Morgan fingerprint density at radius 3 is 2.86 bits per heavy atom. The number of amides is 1. The summed E-state index contributed by atoms with van der Waals surface area (Å²) in [5, 5.41) is 9.25. The number of ether oxygens (including phenoxy) is 1. The highest BCUT2D eigenvalue weighted by Gasteiger charge is 2.29. The van der Waals surface area contributed by atoms with Crippen LogP contribution >= 0.6 is 0 Å². The normalized spacial score (nSPS) is 16.3. The summed E-state index contributed by atoms with van der Waals surface area (Å²) in [5.41, 5.74) is 3.41. The molecule has 0 radical (unpaired) electrons. The van der Waals surface area contributed by atoms with Crippen molar-refractivity contribution in [1.29, 1.82) is 0 Å². The van der Waals surface area contributed by atoms with Crippen LogP contribution in [0.4, 0.5) is 0 Å². The molecule has 7 heteroatoms. The van der Waals surface area contributed by atoms with Crippen molar-refractivity contribution in [2.75, 3.05) is 20.2 Å². The van der Waals surface area contributed by atoms with Crippen molar-refractivity contribution in [3.05, 3.63) is 65.1 Å². The van der Waals surface area contributed by atoms with Crippen molar-refractivity contribution in [2.45, 2.75) is 19.8 Å². The van der Waals surface area contributed by atoms with Crippen molar-refractivity contribution in [3.8, 4) is 5.75 Å². The second-order valence-corrected chi connectivity index (χ2v) is 7.54. The smallest absolute Gasteiger partial charge is 0.335 e. The molecule has 1 amide bonds. The monoisotopic (exact) mass is 393 g/mol. The van der Waals surface area contributed by atoms with Crippen LogP contribution in [0.5, 0.6) is 5.75 Å². The molecule has 1 aliphatic rings. The van der Waals surface area contributed by atoms with Crippen LogP contribution in [-0.4, -0.2) is 51.5 Å². The van der Waals surface area contributed by atoms with E-state index in [0.717, 1.165) is 23.2 Å². The zero-order valence-electron chi connectivity index (χ0n) is 16.5. The number of aromatic nitrogens is 2. The number of nitrogens with zero attached hydrogens (tertiary/aromatic N) is 3. The van der Waals surface area contributed by atoms with Gasteiger partial charge in [-0.25, -0.2) is 9.78 Å². The van der Waals surface area contributed by atoms with E-state index >= 15 is 0 Å². The number of likely N-dealkylation sites (tertiary alicyclic amines) is 1. The first-order chi connectivity index (χ1) is 13.9. The van der Waals surface area contributed by atoms with Gasteiger partial charge < -0.3 is 19.1 Å². The number of rotatable bonds is 5. The molecule has 4 rings (SSSR count). The van der Waals surface area contributed by atoms with Crippen molar-refractivity contribution in [2.24, 2.45) is 5.92 Å². The average Bonchev–Trinajstić information content (AvgIpc) is 3.34. The predicted molar refractivity (Wildman–Crippen MR) is 108 cm³/mol. The third-order valence-corrected chi connectivity index (χ3v) is 5.44. The highest BCUT2D eigenvalue weighted by atomic mass is 16.5. The Morgan fingerprint density at radius 2 is 2.10 bits per heavy atom. The molecule has 7 nitrogen and oxygen atoms in total. The Kier molecular flexibility index (Phi) is 4.96. The summed E-state index contributed by atoms with van der Waals surface area (Å²) >= 11 is 0. The summed E-state index contributed by atoms with van der Waals surface area (Å²) in [7, 11) is 1.58. The standard InChI is InChI=1S/C22H23N3O4/c1-14-5-7-24-13-18(23-20(24)9-14)21(26)25-8-6-15(12-25)10-17-11-16(22(27)28)3-4-19(17)29-2/h3-5,7,9,11,13,15H,6,8,10,12H2,1-2H3,(H,27,28). The minimum Gasteiger partial charge on any atom is -0.496 e. The quantitative estimate of drug-likeness (QED) is 0.720. The van der Waals surface area contributed by atoms with Gasteiger partial charge in [-0.05, 0) is 67.1 Å². The second kappa shape index (κ2) is 7.58. The fourth-order valence-electron chi connectivity index (χ4n) is 3.91. The number of benzene rings is 1. The lowest BCUT2D eigenvalue weighted by atomic mass is 9.96. The fraction of sp³-hybridized carbons (Fsp3) is 0.318. The van der Waals surface area contributed by atoms with Crippen molar-refractivity contribution in [3.63, 3.8) is 0 Å². The van der Waals surface area contributed by atoms with Crippen molar-refractivity contribution >= 4 is 17.5 Å². The van der Waals surface area contributed by atoms with Crippen LogP contribution < -0.4 is 4.74 Å². The van der Waals surface area contributed by atoms with E-state index in [4.69, 9.17) is 4.74 Å². The third kappa shape index (κ3) is 3.81. The zero-order valence-corrected chi connectivity index (χ0v) is 16.5.